The first kappa shape index (κ1) is 13.0. The number of hydrogen-bond donors (Lipinski definition) is 0. The van der Waals surface area contributed by atoms with Crippen molar-refractivity contribution in [1.29, 1.82) is 0 Å². The van der Waals surface area contributed by atoms with Gasteiger partial charge in [-0.25, -0.2) is 0 Å². The first-order valence-corrected chi connectivity index (χ1v) is 6.54. The van der Waals surface area contributed by atoms with Gasteiger partial charge in [-0.05, 0) is 19.1 Å². The van der Waals surface area contributed by atoms with Crippen molar-refractivity contribution in [2.24, 2.45) is 7.05 Å². The molecule has 0 radical (unpaired) electrons. The van der Waals surface area contributed by atoms with Gasteiger partial charge < -0.3 is 9.47 Å². The van der Waals surface area contributed by atoms with Crippen molar-refractivity contribution in [3.05, 3.63) is 33.0 Å². The Hall–Kier alpha value is -1.40. The summed E-state index contributed by atoms with van der Waals surface area (Å²) in [6, 6.07) is 3.45. The van der Waals surface area contributed by atoms with Gasteiger partial charge in [0.15, 0.2) is 5.82 Å². The lowest BCUT2D eigenvalue weighted by atomic mass is 10.4. The third kappa shape index (κ3) is 2.54. The second kappa shape index (κ2) is 5.07. The zero-order valence-corrected chi connectivity index (χ0v) is 11.9. The van der Waals surface area contributed by atoms with E-state index in [0.29, 0.717) is 15.8 Å². The molecule has 0 spiro atoms. The molecule has 2 heterocycles. The molecule has 0 N–H and O–H groups in total. The van der Waals surface area contributed by atoms with E-state index >= 15 is 0 Å². The van der Waals surface area contributed by atoms with Gasteiger partial charge in [-0.2, -0.15) is 0 Å². The Balaban J connectivity index is 2.10. The van der Waals surface area contributed by atoms with Crippen LogP contribution in [0.3, 0.4) is 0 Å². The van der Waals surface area contributed by atoms with Crippen molar-refractivity contribution in [2.45, 2.75) is 13.5 Å². The minimum absolute atomic E-state index is 0.0625. The highest BCUT2D eigenvalue weighted by Gasteiger charge is 2.16. The van der Waals surface area contributed by atoms with E-state index in [-0.39, 0.29) is 5.91 Å². The molecule has 18 heavy (non-hydrogen) atoms. The van der Waals surface area contributed by atoms with E-state index in [4.69, 9.17) is 11.6 Å². The molecule has 1 amide bonds. The molecule has 0 bridgehead atoms. The Morgan fingerprint density at radius 2 is 2.22 bits per heavy atom. The van der Waals surface area contributed by atoms with Crippen LogP contribution in [-0.2, 0) is 13.6 Å². The van der Waals surface area contributed by atoms with Crippen LogP contribution in [0.2, 0.25) is 4.34 Å². The maximum Gasteiger partial charge on any atom is 0.264 e. The summed E-state index contributed by atoms with van der Waals surface area (Å²) in [5.74, 6) is 1.52. The maximum absolute atomic E-state index is 12.1. The smallest absolute Gasteiger partial charge is 0.264 e. The molecule has 0 atom stereocenters. The van der Waals surface area contributed by atoms with Crippen LogP contribution in [0.4, 0.5) is 0 Å². The first-order valence-electron chi connectivity index (χ1n) is 5.34. The van der Waals surface area contributed by atoms with Crippen LogP contribution >= 0.6 is 22.9 Å². The Morgan fingerprint density at radius 1 is 1.50 bits per heavy atom. The summed E-state index contributed by atoms with van der Waals surface area (Å²) in [7, 11) is 3.62. The van der Waals surface area contributed by atoms with Crippen LogP contribution in [0.1, 0.15) is 21.3 Å². The van der Waals surface area contributed by atoms with Gasteiger partial charge in [0.1, 0.15) is 5.82 Å². The van der Waals surface area contributed by atoms with Gasteiger partial charge in [-0.1, -0.05) is 11.6 Å². The first-order chi connectivity index (χ1) is 8.49. The van der Waals surface area contributed by atoms with Crippen molar-refractivity contribution in [2.75, 3.05) is 7.05 Å². The molecule has 2 aromatic rings. The number of thiophene rings is 1. The highest BCUT2D eigenvalue weighted by molar-refractivity contribution is 7.17. The number of aryl methyl sites for hydroxylation is 1. The summed E-state index contributed by atoms with van der Waals surface area (Å²) in [6.07, 6.45) is 0. The number of amides is 1. The van der Waals surface area contributed by atoms with E-state index in [2.05, 4.69) is 10.2 Å². The molecule has 2 rings (SSSR count). The number of carbonyl (C=O) groups is 1. The van der Waals surface area contributed by atoms with Gasteiger partial charge in [0, 0.05) is 14.1 Å². The molecule has 0 aliphatic rings. The molecule has 0 aromatic carbocycles. The highest BCUT2D eigenvalue weighted by atomic mass is 35.5. The standard InChI is InChI=1S/C11H13ClN4OS/c1-7-13-14-10(16(7)3)6-15(2)11(17)8-4-5-9(12)18-8/h4-5H,6H2,1-3H3. The molecular weight excluding hydrogens is 272 g/mol. The fourth-order valence-electron chi connectivity index (χ4n) is 1.49. The molecule has 0 fully saturated rings. The minimum atomic E-state index is -0.0625. The number of nitrogens with zero attached hydrogens (tertiary/aromatic N) is 4. The lowest BCUT2D eigenvalue weighted by molar-refractivity contribution is 0.0785. The monoisotopic (exact) mass is 284 g/mol. The lowest BCUT2D eigenvalue weighted by Gasteiger charge is -2.15. The number of halogens is 1. The van der Waals surface area contributed by atoms with E-state index in [1.165, 1.54) is 11.3 Å². The summed E-state index contributed by atoms with van der Waals surface area (Å²) >= 11 is 7.09. The Morgan fingerprint density at radius 3 is 2.72 bits per heavy atom. The van der Waals surface area contributed by atoms with Crippen LogP contribution in [0.25, 0.3) is 0 Å². The Labute approximate surface area is 114 Å². The summed E-state index contributed by atoms with van der Waals surface area (Å²) in [6.45, 7) is 2.29. The van der Waals surface area contributed by atoms with Gasteiger partial charge in [-0.3, -0.25) is 4.79 Å². The molecule has 0 saturated heterocycles. The molecular formula is C11H13ClN4OS. The summed E-state index contributed by atoms with van der Waals surface area (Å²) in [5.41, 5.74) is 0. The fraction of sp³-hybridized carbons (Fsp3) is 0.364. The van der Waals surface area contributed by atoms with Crippen molar-refractivity contribution in [3.63, 3.8) is 0 Å². The predicted molar refractivity (Wildman–Crippen MR) is 70.9 cm³/mol. The summed E-state index contributed by atoms with van der Waals surface area (Å²) in [5, 5.41) is 7.99. The van der Waals surface area contributed by atoms with Gasteiger partial charge >= 0.3 is 0 Å². The summed E-state index contributed by atoms with van der Waals surface area (Å²) < 4.78 is 2.48. The van der Waals surface area contributed by atoms with Crippen LogP contribution in [-0.4, -0.2) is 32.6 Å². The van der Waals surface area contributed by atoms with E-state index in [1.807, 2.05) is 18.5 Å². The summed E-state index contributed by atoms with van der Waals surface area (Å²) in [4.78, 5) is 14.3. The Bertz CT molecular complexity index is 577. The zero-order chi connectivity index (χ0) is 13.3. The van der Waals surface area contributed by atoms with Crippen LogP contribution < -0.4 is 0 Å². The van der Waals surface area contributed by atoms with Crippen LogP contribution in [0.15, 0.2) is 12.1 Å². The third-order valence-electron chi connectivity index (χ3n) is 2.69. The largest absolute Gasteiger partial charge is 0.333 e. The average Bonchev–Trinajstić information content (AvgIpc) is 2.89. The van der Waals surface area contributed by atoms with Crippen molar-refractivity contribution in [1.82, 2.24) is 19.7 Å². The average molecular weight is 285 g/mol. The maximum atomic E-state index is 12.1. The molecule has 0 unspecified atom stereocenters. The SMILES string of the molecule is Cc1nnc(CN(C)C(=O)c2ccc(Cl)s2)n1C. The van der Waals surface area contributed by atoms with Gasteiger partial charge in [0.2, 0.25) is 0 Å². The van der Waals surface area contributed by atoms with Crippen molar-refractivity contribution in [3.8, 4) is 0 Å². The molecule has 0 saturated carbocycles. The molecule has 0 aliphatic heterocycles. The predicted octanol–water partition coefficient (Wildman–Crippen LogP) is 2.11. The molecule has 96 valence electrons. The second-order valence-electron chi connectivity index (χ2n) is 3.99. The van der Waals surface area contributed by atoms with E-state index in [0.717, 1.165) is 11.6 Å². The highest BCUT2D eigenvalue weighted by Crippen LogP contribution is 2.22. The molecule has 0 aliphatic carbocycles. The number of carbonyl (C=O) groups excluding carboxylic acids is 1. The fourth-order valence-corrected chi connectivity index (χ4v) is 2.53. The number of aromatic nitrogens is 3. The lowest BCUT2D eigenvalue weighted by Crippen LogP contribution is -2.26. The van der Waals surface area contributed by atoms with E-state index < -0.39 is 0 Å². The van der Waals surface area contributed by atoms with Crippen LogP contribution in [0.5, 0.6) is 0 Å². The van der Waals surface area contributed by atoms with Gasteiger partial charge in [0.25, 0.3) is 5.91 Å². The Kier molecular flexibility index (Phi) is 3.68. The van der Waals surface area contributed by atoms with Crippen molar-refractivity contribution >= 4 is 28.8 Å². The quantitative estimate of drug-likeness (QED) is 0.867. The van der Waals surface area contributed by atoms with Crippen LogP contribution in [0, 0.1) is 6.92 Å². The zero-order valence-electron chi connectivity index (χ0n) is 10.3. The van der Waals surface area contributed by atoms with Crippen molar-refractivity contribution < 1.29 is 4.79 Å². The molecule has 5 nitrogen and oxygen atoms in total. The van der Waals surface area contributed by atoms with Gasteiger partial charge in [-0.15, -0.1) is 21.5 Å². The number of rotatable bonds is 3. The van der Waals surface area contributed by atoms with E-state index in [9.17, 15) is 4.79 Å². The molecule has 7 heteroatoms. The second-order valence-corrected chi connectivity index (χ2v) is 5.70. The number of hydrogen-bond acceptors (Lipinski definition) is 4. The third-order valence-corrected chi connectivity index (χ3v) is 3.91. The van der Waals surface area contributed by atoms with Gasteiger partial charge in [0.05, 0.1) is 15.8 Å². The minimum Gasteiger partial charge on any atom is -0.333 e. The molecule has 2 aromatic heterocycles. The normalized spacial score (nSPS) is 10.7. The topological polar surface area (TPSA) is 51.0 Å². The van der Waals surface area contributed by atoms with E-state index in [1.54, 1.807) is 24.1 Å².